The Labute approximate surface area is 198 Å². The van der Waals surface area contributed by atoms with Crippen LogP contribution in [0.4, 0.5) is 11.4 Å². The summed E-state index contributed by atoms with van der Waals surface area (Å²) in [5, 5.41) is 3.24. The molecular weight excluding hydrogens is 446 g/mol. The zero-order chi connectivity index (χ0) is 24.0. The Bertz CT molecular complexity index is 1030. The number of amides is 2. The molecule has 0 atom stereocenters. The first-order valence-electron chi connectivity index (χ1n) is 10.9. The molecule has 0 spiro atoms. The van der Waals surface area contributed by atoms with E-state index in [0.29, 0.717) is 60.4 Å². The lowest BCUT2D eigenvalue weighted by molar-refractivity contribution is -0.129. The van der Waals surface area contributed by atoms with Gasteiger partial charge in [0.2, 0.25) is 5.91 Å². The van der Waals surface area contributed by atoms with Crippen LogP contribution in [0, 0.1) is 0 Å². The third kappa shape index (κ3) is 5.96. The molecule has 1 aliphatic heterocycles. The minimum Gasteiger partial charge on any atom is -0.492 e. The van der Waals surface area contributed by atoms with E-state index in [4.69, 9.17) is 21.1 Å². The molecule has 1 heterocycles. The van der Waals surface area contributed by atoms with Crippen LogP contribution in [0.25, 0.3) is 0 Å². The summed E-state index contributed by atoms with van der Waals surface area (Å²) in [5.74, 6) is -0.299. The van der Waals surface area contributed by atoms with Gasteiger partial charge in [-0.2, -0.15) is 0 Å². The third-order valence-corrected chi connectivity index (χ3v) is 5.61. The predicted octanol–water partition coefficient (Wildman–Crippen LogP) is 3.84. The van der Waals surface area contributed by atoms with E-state index in [-0.39, 0.29) is 18.4 Å². The van der Waals surface area contributed by atoms with Crippen LogP contribution in [0.3, 0.4) is 0 Å². The Hall–Kier alpha value is -3.26. The number of ether oxygens (including phenoxy) is 2. The monoisotopic (exact) mass is 473 g/mol. The summed E-state index contributed by atoms with van der Waals surface area (Å²) in [6, 6.07) is 9.90. The van der Waals surface area contributed by atoms with Gasteiger partial charge >= 0.3 is 5.97 Å². The molecule has 0 bridgehead atoms. The molecule has 1 N–H and O–H groups in total. The number of hydrogen-bond acceptors (Lipinski definition) is 6. The maximum Gasteiger partial charge on any atom is 0.338 e. The van der Waals surface area contributed by atoms with Crippen molar-refractivity contribution in [2.45, 2.75) is 20.8 Å². The highest BCUT2D eigenvalue weighted by Crippen LogP contribution is 2.30. The third-order valence-electron chi connectivity index (χ3n) is 5.32. The molecule has 2 amide bonds. The summed E-state index contributed by atoms with van der Waals surface area (Å²) in [6.07, 6.45) is 0. The van der Waals surface area contributed by atoms with Gasteiger partial charge in [0, 0.05) is 38.7 Å². The van der Waals surface area contributed by atoms with Crippen molar-refractivity contribution in [3.8, 4) is 5.75 Å². The van der Waals surface area contributed by atoms with E-state index in [0.717, 1.165) is 5.69 Å². The van der Waals surface area contributed by atoms with E-state index in [2.05, 4.69) is 10.2 Å². The standard InChI is InChI=1S/C24H28ClN3O5/c1-4-32-22-9-7-17(14-19(22)25)23(30)26-20-15-18(24(31)33-5-2)6-8-21(20)28-12-10-27(11-13-28)16(3)29/h6-9,14-15H,4-5,10-13H2,1-3H3,(H,26,30). The maximum atomic E-state index is 13.0. The van der Waals surface area contributed by atoms with Crippen LogP contribution in [-0.4, -0.2) is 62.1 Å². The van der Waals surface area contributed by atoms with Gasteiger partial charge in [-0.05, 0) is 50.2 Å². The minimum absolute atomic E-state index is 0.0354. The van der Waals surface area contributed by atoms with Crippen molar-refractivity contribution >= 4 is 40.8 Å². The van der Waals surface area contributed by atoms with E-state index >= 15 is 0 Å². The molecule has 2 aromatic rings. The van der Waals surface area contributed by atoms with Crippen molar-refractivity contribution in [2.24, 2.45) is 0 Å². The molecule has 0 saturated carbocycles. The van der Waals surface area contributed by atoms with Gasteiger partial charge in [0.25, 0.3) is 5.91 Å². The normalized spacial score (nSPS) is 13.5. The number of nitrogens with zero attached hydrogens (tertiary/aromatic N) is 2. The number of rotatable bonds is 7. The minimum atomic E-state index is -0.468. The van der Waals surface area contributed by atoms with Crippen LogP contribution in [0.5, 0.6) is 5.75 Å². The van der Waals surface area contributed by atoms with E-state index in [9.17, 15) is 14.4 Å². The van der Waals surface area contributed by atoms with Gasteiger partial charge in [0.05, 0.1) is 35.2 Å². The van der Waals surface area contributed by atoms with E-state index < -0.39 is 5.97 Å². The first kappa shape index (κ1) is 24.4. The second kappa shape index (κ2) is 11.0. The van der Waals surface area contributed by atoms with Crippen molar-refractivity contribution in [3.63, 3.8) is 0 Å². The number of carbonyl (C=O) groups is 3. The fourth-order valence-electron chi connectivity index (χ4n) is 3.62. The van der Waals surface area contributed by atoms with Crippen LogP contribution < -0.4 is 15.0 Å². The second-order valence-electron chi connectivity index (χ2n) is 7.48. The highest BCUT2D eigenvalue weighted by molar-refractivity contribution is 6.32. The number of carbonyl (C=O) groups excluding carboxylic acids is 3. The van der Waals surface area contributed by atoms with Crippen molar-refractivity contribution in [3.05, 3.63) is 52.5 Å². The summed E-state index contributed by atoms with van der Waals surface area (Å²) in [6.45, 7) is 8.23. The lowest BCUT2D eigenvalue weighted by atomic mass is 10.1. The molecule has 1 fully saturated rings. The summed E-state index contributed by atoms with van der Waals surface area (Å²) in [7, 11) is 0. The topological polar surface area (TPSA) is 88.2 Å². The highest BCUT2D eigenvalue weighted by atomic mass is 35.5. The summed E-state index contributed by atoms with van der Waals surface area (Å²) < 4.78 is 10.5. The van der Waals surface area contributed by atoms with Gasteiger partial charge in [0.1, 0.15) is 5.75 Å². The van der Waals surface area contributed by atoms with Crippen molar-refractivity contribution in [2.75, 3.05) is 49.6 Å². The summed E-state index contributed by atoms with van der Waals surface area (Å²) >= 11 is 6.24. The number of anilines is 2. The molecule has 3 rings (SSSR count). The van der Waals surface area contributed by atoms with Crippen molar-refractivity contribution in [1.29, 1.82) is 0 Å². The van der Waals surface area contributed by atoms with Crippen molar-refractivity contribution in [1.82, 2.24) is 4.90 Å². The molecule has 2 aromatic carbocycles. The molecule has 0 radical (unpaired) electrons. The molecule has 0 aliphatic carbocycles. The Kier molecular flexibility index (Phi) is 8.16. The largest absolute Gasteiger partial charge is 0.492 e. The van der Waals surface area contributed by atoms with Crippen LogP contribution in [0.2, 0.25) is 5.02 Å². The molecular formula is C24H28ClN3O5. The zero-order valence-corrected chi connectivity index (χ0v) is 19.8. The van der Waals surface area contributed by atoms with Gasteiger partial charge in [-0.1, -0.05) is 11.6 Å². The van der Waals surface area contributed by atoms with Gasteiger partial charge in [-0.25, -0.2) is 4.79 Å². The average Bonchev–Trinajstić information content (AvgIpc) is 2.80. The quantitative estimate of drug-likeness (QED) is 0.615. The molecule has 1 saturated heterocycles. The lowest BCUT2D eigenvalue weighted by Gasteiger charge is -2.36. The van der Waals surface area contributed by atoms with Crippen LogP contribution in [0.15, 0.2) is 36.4 Å². The number of esters is 1. The smallest absolute Gasteiger partial charge is 0.338 e. The van der Waals surface area contributed by atoms with E-state index in [1.807, 2.05) is 6.92 Å². The van der Waals surface area contributed by atoms with E-state index in [1.165, 1.54) is 0 Å². The molecule has 0 aromatic heterocycles. The molecule has 0 unspecified atom stereocenters. The highest BCUT2D eigenvalue weighted by Gasteiger charge is 2.23. The Balaban J connectivity index is 1.88. The Morgan fingerprint density at radius 3 is 2.27 bits per heavy atom. The molecule has 1 aliphatic rings. The van der Waals surface area contributed by atoms with Crippen LogP contribution in [-0.2, 0) is 9.53 Å². The first-order chi connectivity index (χ1) is 15.8. The zero-order valence-electron chi connectivity index (χ0n) is 19.0. The second-order valence-corrected chi connectivity index (χ2v) is 7.89. The fourth-order valence-corrected chi connectivity index (χ4v) is 3.86. The van der Waals surface area contributed by atoms with Gasteiger partial charge in [-0.15, -0.1) is 0 Å². The number of nitrogens with one attached hydrogen (secondary N) is 1. The Morgan fingerprint density at radius 2 is 1.67 bits per heavy atom. The van der Waals surface area contributed by atoms with Crippen molar-refractivity contribution < 1.29 is 23.9 Å². The summed E-state index contributed by atoms with van der Waals surface area (Å²) in [4.78, 5) is 40.8. The lowest BCUT2D eigenvalue weighted by Crippen LogP contribution is -2.48. The predicted molar refractivity (Wildman–Crippen MR) is 127 cm³/mol. The number of piperazine rings is 1. The molecule has 8 nitrogen and oxygen atoms in total. The Morgan fingerprint density at radius 1 is 0.970 bits per heavy atom. The average molecular weight is 474 g/mol. The van der Waals surface area contributed by atoms with E-state index in [1.54, 1.807) is 55.1 Å². The number of hydrogen-bond donors (Lipinski definition) is 1. The number of benzene rings is 2. The first-order valence-corrected chi connectivity index (χ1v) is 11.3. The van der Waals surface area contributed by atoms with Crippen LogP contribution >= 0.6 is 11.6 Å². The van der Waals surface area contributed by atoms with Gasteiger partial charge in [-0.3, -0.25) is 9.59 Å². The molecule has 33 heavy (non-hydrogen) atoms. The molecule has 9 heteroatoms. The fraction of sp³-hybridized carbons (Fsp3) is 0.375. The summed E-state index contributed by atoms with van der Waals surface area (Å²) in [5.41, 5.74) is 1.93. The number of halogens is 1. The van der Waals surface area contributed by atoms with Gasteiger partial charge < -0.3 is 24.6 Å². The van der Waals surface area contributed by atoms with Gasteiger partial charge in [0.15, 0.2) is 0 Å². The van der Waals surface area contributed by atoms with Crippen LogP contribution in [0.1, 0.15) is 41.5 Å². The SMILES string of the molecule is CCOC(=O)c1ccc(N2CCN(C(C)=O)CC2)c(NC(=O)c2ccc(OCC)c(Cl)c2)c1. The maximum absolute atomic E-state index is 13.0. The molecule has 176 valence electrons.